The third-order valence-corrected chi connectivity index (χ3v) is 3.38. The van der Waals surface area contributed by atoms with E-state index in [0.717, 1.165) is 24.0 Å². The number of nitro benzene ring substituents is 1. The van der Waals surface area contributed by atoms with Crippen molar-refractivity contribution >= 4 is 11.5 Å². The second-order valence-corrected chi connectivity index (χ2v) is 4.81. The van der Waals surface area contributed by atoms with Gasteiger partial charge in [0.25, 0.3) is 5.69 Å². The molecule has 0 aliphatic rings. The SMILES string of the molecule is CCCc1c(-c2c(C)cccc2[N+](=O)[O-])nn(C)c1N. The van der Waals surface area contributed by atoms with Gasteiger partial charge in [-0.1, -0.05) is 25.5 Å². The molecular formula is C14H18N4O2. The Labute approximate surface area is 117 Å². The van der Waals surface area contributed by atoms with Crippen molar-refractivity contribution in [2.24, 2.45) is 7.05 Å². The minimum absolute atomic E-state index is 0.0699. The van der Waals surface area contributed by atoms with Crippen LogP contribution < -0.4 is 5.73 Å². The average Bonchev–Trinajstić information content (AvgIpc) is 2.67. The molecule has 0 radical (unpaired) electrons. The van der Waals surface area contributed by atoms with Crippen molar-refractivity contribution in [1.29, 1.82) is 0 Å². The molecule has 0 atom stereocenters. The van der Waals surface area contributed by atoms with Crippen LogP contribution in [-0.2, 0) is 13.5 Å². The number of aryl methyl sites for hydroxylation is 2. The fourth-order valence-corrected chi connectivity index (χ4v) is 2.39. The molecule has 0 fully saturated rings. The summed E-state index contributed by atoms with van der Waals surface area (Å²) in [5, 5.41) is 15.6. The van der Waals surface area contributed by atoms with Crippen LogP contribution in [0.1, 0.15) is 24.5 Å². The molecule has 0 unspecified atom stereocenters. The van der Waals surface area contributed by atoms with E-state index in [1.54, 1.807) is 17.8 Å². The zero-order chi connectivity index (χ0) is 14.9. The van der Waals surface area contributed by atoms with Gasteiger partial charge in [0, 0.05) is 18.7 Å². The van der Waals surface area contributed by atoms with E-state index >= 15 is 0 Å². The maximum absolute atomic E-state index is 11.2. The van der Waals surface area contributed by atoms with Crippen LogP contribution in [0.3, 0.4) is 0 Å². The minimum atomic E-state index is -0.372. The molecule has 20 heavy (non-hydrogen) atoms. The van der Waals surface area contributed by atoms with Crippen molar-refractivity contribution in [1.82, 2.24) is 9.78 Å². The van der Waals surface area contributed by atoms with Gasteiger partial charge >= 0.3 is 0 Å². The standard InChI is InChI=1S/C14H18N4O2/c1-4-6-10-13(16-17(3)14(10)15)12-9(2)7-5-8-11(12)18(19)20/h5,7-8H,4,6,15H2,1-3H3. The van der Waals surface area contributed by atoms with Gasteiger partial charge in [0.15, 0.2) is 0 Å². The lowest BCUT2D eigenvalue weighted by atomic mass is 9.98. The molecular weight excluding hydrogens is 256 g/mol. The van der Waals surface area contributed by atoms with E-state index in [1.807, 2.05) is 19.9 Å². The lowest BCUT2D eigenvalue weighted by Crippen LogP contribution is -1.99. The van der Waals surface area contributed by atoms with Crippen LogP contribution in [0.15, 0.2) is 18.2 Å². The Balaban J connectivity index is 2.74. The average molecular weight is 274 g/mol. The summed E-state index contributed by atoms with van der Waals surface area (Å²) in [6.07, 6.45) is 1.66. The number of nitrogens with two attached hydrogens (primary N) is 1. The van der Waals surface area contributed by atoms with Gasteiger partial charge in [0.1, 0.15) is 11.5 Å². The van der Waals surface area contributed by atoms with Crippen LogP contribution in [0, 0.1) is 17.0 Å². The highest BCUT2D eigenvalue weighted by Crippen LogP contribution is 2.36. The van der Waals surface area contributed by atoms with Crippen LogP contribution in [0.5, 0.6) is 0 Å². The van der Waals surface area contributed by atoms with Gasteiger partial charge in [-0.25, -0.2) is 0 Å². The Morgan fingerprint density at radius 1 is 1.45 bits per heavy atom. The van der Waals surface area contributed by atoms with Gasteiger partial charge in [0.2, 0.25) is 0 Å². The Morgan fingerprint density at radius 2 is 2.15 bits per heavy atom. The summed E-state index contributed by atoms with van der Waals surface area (Å²) in [5.74, 6) is 0.569. The van der Waals surface area contributed by atoms with Gasteiger partial charge in [-0.2, -0.15) is 5.10 Å². The minimum Gasteiger partial charge on any atom is -0.384 e. The Kier molecular flexibility index (Phi) is 3.74. The van der Waals surface area contributed by atoms with Gasteiger partial charge in [-0.15, -0.1) is 0 Å². The molecule has 0 spiro atoms. The third-order valence-electron chi connectivity index (χ3n) is 3.38. The number of nitrogen functional groups attached to an aromatic ring is 1. The number of rotatable bonds is 4. The Morgan fingerprint density at radius 3 is 2.75 bits per heavy atom. The monoisotopic (exact) mass is 274 g/mol. The van der Waals surface area contributed by atoms with Gasteiger partial charge in [0.05, 0.1) is 10.5 Å². The maximum atomic E-state index is 11.2. The second kappa shape index (κ2) is 5.32. The van der Waals surface area contributed by atoms with Crippen LogP contribution >= 0.6 is 0 Å². The molecule has 0 aliphatic heterocycles. The molecule has 0 amide bonds. The predicted octanol–water partition coefficient (Wildman–Crippen LogP) is 2.84. The molecule has 2 rings (SSSR count). The van der Waals surface area contributed by atoms with E-state index in [0.29, 0.717) is 17.1 Å². The first-order valence-electron chi connectivity index (χ1n) is 6.53. The van der Waals surface area contributed by atoms with Gasteiger partial charge < -0.3 is 5.73 Å². The van der Waals surface area contributed by atoms with Crippen molar-refractivity contribution in [3.8, 4) is 11.3 Å². The molecule has 6 nitrogen and oxygen atoms in total. The second-order valence-electron chi connectivity index (χ2n) is 4.81. The zero-order valence-electron chi connectivity index (χ0n) is 11.9. The lowest BCUT2D eigenvalue weighted by molar-refractivity contribution is -0.384. The fraction of sp³-hybridized carbons (Fsp3) is 0.357. The molecule has 0 aliphatic carbocycles. The first-order valence-corrected chi connectivity index (χ1v) is 6.53. The Bertz CT molecular complexity index is 661. The van der Waals surface area contributed by atoms with Crippen molar-refractivity contribution in [3.05, 3.63) is 39.4 Å². The molecule has 0 saturated heterocycles. The molecule has 1 aromatic carbocycles. The van der Waals surface area contributed by atoms with Crippen LogP contribution in [0.2, 0.25) is 0 Å². The van der Waals surface area contributed by atoms with Crippen molar-refractivity contribution in [2.75, 3.05) is 5.73 Å². The number of benzene rings is 1. The molecule has 106 valence electrons. The summed E-state index contributed by atoms with van der Waals surface area (Å²) in [5.41, 5.74) is 9.00. The molecule has 1 aromatic heterocycles. The number of hydrogen-bond acceptors (Lipinski definition) is 4. The molecule has 6 heteroatoms. The highest BCUT2D eigenvalue weighted by molar-refractivity contribution is 5.78. The first kappa shape index (κ1) is 14.0. The van der Waals surface area contributed by atoms with Crippen LogP contribution in [0.4, 0.5) is 11.5 Å². The summed E-state index contributed by atoms with van der Waals surface area (Å²) >= 11 is 0. The smallest absolute Gasteiger partial charge is 0.279 e. The van der Waals surface area contributed by atoms with E-state index in [9.17, 15) is 10.1 Å². The quantitative estimate of drug-likeness (QED) is 0.686. The van der Waals surface area contributed by atoms with Crippen molar-refractivity contribution < 1.29 is 4.92 Å². The number of anilines is 1. The molecule has 2 N–H and O–H groups in total. The van der Waals surface area contributed by atoms with Crippen molar-refractivity contribution in [2.45, 2.75) is 26.7 Å². The van der Waals surface area contributed by atoms with Crippen LogP contribution in [-0.4, -0.2) is 14.7 Å². The van der Waals surface area contributed by atoms with E-state index < -0.39 is 0 Å². The van der Waals surface area contributed by atoms with E-state index in [1.165, 1.54) is 6.07 Å². The van der Waals surface area contributed by atoms with E-state index in [4.69, 9.17) is 5.73 Å². The molecule has 0 saturated carbocycles. The summed E-state index contributed by atoms with van der Waals surface area (Å²) in [7, 11) is 1.75. The predicted molar refractivity (Wildman–Crippen MR) is 78.4 cm³/mol. The fourth-order valence-electron chi connectivity index (χ4n) is 2.39. The number of aromatic nitrogens is 2. The first-order chi connectivity index (χ1) is 9.47. The normalized spacial score (nSPS) is 10.8. The highest BCUT2D eigenvalue weighted by atomic mass is 16.6. The van der Waals surface area contributed by atoms with Gasteiger partial charge in [-0.3, -0.25) is 14.8 Å². The maximum Gasteiger partial charge on any atom is 0.279 e. The molecule has 2 aromatic rings. The third kappa shape index (κ3) is 2.24. The molecule has 1 heterocycles. The Hall–Kier alpha value is -2.37. The summed E-state index contributed by atoms with van der Waals surface area (Å²) in [4.78, 5) is 10.9. The van der Waals surface area contributed by atoms with Crippen molar-refractivity contribution in [3.63, 3.8) is 0 Å². The van der Waals surface area contributed by atoms with E-state index in [-0.39, 0.29) is 10.6 Å². The van der Waals surface area contributed by atoms with E-state index in [2.05, 4.69) is 5.10 Å². The summed E-state index contributed by atoms with van der Waals surface area (Å²) in [6, 6.07) is 5.04. The van der Waals surface area contributed by atoms with Crippen LogP contribution in [0.25, 0.3) is 11.3 Å². The van der Waals surface area contributed by atoms with Gasteiger partial charge in [-0.05, 0) is 18.9 Å². The number of nitrogens with zero attached hydrogens (tertiary/aromatic N) is 3. The zero-order valence-corrected chi connectivity index (χ0v) is 11.9. The highest BCUT2D eigenvalue weighted by Gasteiger charge is 2.24. The molecule has 0 bridgehead atoms. The summed E-state index contributed by atoms with van der Waals surface area (Å²) in [6.45, 7) is 3.89. The topological polar surface area (TPSA) is 87.0 Å². The number of nitro groups is 1. The number of hydrogen-bond donors (Lipinski definition) is 1. The summed E-state index contributed by atoms with van der Waals surface area (Å²) < 4.78 is 1.58. The lowest BCUT2D eigenvalue weighted by Gasteiger charge is -2.06. The largest absolute Gasteiger partial charge is 0.384 e.